The van der Waals surface area contributed by atoms with E-state index in [1.807, 2.05) is 60.7 Å². The number of anilines is 1. The molecule has 2 N–H and O–H groups in total. The Bertz CT molecular complexity index is 1640. The fourth-order valence-corrected chi connectivity index (χ4v) is 4.59. The Balaban J connectivity index is 1.27. The molecule has 0 heterocycles. The molecule has 0 fully saturated rings. The molecule has 5 aromatic rings. The third kappa shape index (κ3) is 6.67. The average molecular weight is 558 g/mol. The first kappa shape index (κ1) is 28.2. The van der Waals surface area contributed by atoms with Gasteiger partial charge in [0.15, 0.2) is 0 Å². The number of carbonyl (C=O) groups excluding carboxylic acids is 2. The molecule has 0 aliphatic carbocycles. The van der Waals surface area contributed by atoms with E-state index in [4.69, 9.17) is 4.74 Å². The van der Waals surface area contributed by atoms with Crippen LogP contribution in [0.5, 0.6) is 17.2 Å². The van der Waals surface area contributed by atoms with Gasteiger partial charge in [0, 0.05) is 17.8 Å². The van der Waals surface area contributed by atoms with Gasteiger partial charge in [0.1, 0.15) is 17.2 Å². The van der Waals surface area contributed by atoms with Gasteiger partial charge in [-0.3, -0.25) is 4.79 Å². The van der Waals surface area contributed by atoms with Gasteiger partial charge >= 0.3 is 5.97 Å². The molecule has 0 aromatic heterocycles. The summed E-state index contributed by atoms with van der Waals surface area (Å²) in [6.45, 7) is 2.64. The first-order chi connectivity index (χ1) is 20.4. The Kier molecular flexibility index (Phi) is 8.64. The van der Waals surface area contributed by atoms with Gasteiger partial charge in [-0.05, 0) is 101 Å². The lowest BCUT2D eigenvalue weighted by atomic mass is 10.0. The highest BCUT2D eigenvalue weighted by Crippen LogP contribution is 2.26. The van der Waals surface area contributed by atoms with Crippen LogP contribution in [-0.4, -0.2) is 28.6 Å². The number of hydrogen-bond acceptors (Lipinski definition) is 5. The SMILES string of the molecule is CCCCN(C(=O)c1ccc(-c2ccc(O)cc2)cc1)c1ccc(OC(=O)c2ccc(-c3ccc(O)cc3)cc2)cc1. The summed E-state index contributed by atoms with van der Waals surface area (Å²) in [6, 6.07) is 35.3. The zero-order valence-electron chi connectivity index (χ0n) is 23.2. The van der Waals surface area contributed by atoms with Crippen LogP contribution in [0.4, 0.5) is 5.69 Å². The molecule has 5 rings (SSSR count). The number of unbranched alkanes of at least 4 members (excludes halogenated alkanes) is 1. The Morgan fingerprint density at radius 1 is 0.595 bits per heavy atom. The summed E-state index contributed by atoms with van der Waals surface area (Å²) in [5.41, 5.74) is 5.45. The molecule has 6 nitrogen and oxygen atoms in total. The number of amides is 1. The number of esters is 1. The molecule has 42 heavy (non-hydrogen) atoms. The molecule has 0 bridgehead atoms. The lowest BCUT2D eigenvalue weighted by Gasteiger charge is -2.23. The number of hydrogen-bond donors (Lipinski definition) is 2. The smallest absolute Gasteiger partial charge is 0.343 e. The number of phenols is 2. The Morgan fingerprint density at radius 2 is 1.02 bits per heavy atom. The van der Waals surface area contributed by atoms with E-state index in [1.165, 1.54) is 0 Å². The van der Waals surface area contributed by atoms with Crippen molar-refractivity contribution in [1.29, 1.82) is 0 Å². The summed E-state index contributed by atoms with van der Waals surface area (Å²) in [7, 11) is 0. The first-order valence-electron chi connectivity index (χ1n) is 13.8. The van der Waals surface area contributed by atoms with Crippen LogP contribution in [0.3, 0.4) is 0 Å². The van der Waals surface area contributed by atoms with E-state index in [-0.39, 0.29) is 17.4 Å². The normalized spacial score (nSPS) is 10.7. The van der Waals surface area contributed by atoms with E-state index in [2.05, 4.69) is 6.92 Å². The monoisotopic (exact) mass is 557 g/mol. The van der Waals surface area contributed by atoms with Crippen LogP contribution in [0.1, 0.15) is 40.5 Å². The highest BCUT2D eigenvalue weighted by molar-refractivity contribution is 6.06. The van der Waals surface area contributed by atoms with Crippen LogP contribution in [-0.2, 0) is 0 Å². The maximum atomic E-state index is 13.5. The minimum Gasteiger partial charge on any atom is -0.508 e. The summed E-state index contributed by atoms with van der Waals surface area (Å²) < 4.78 is 5.59. The third-order valence-electron chi connectivity index (χ3n) is 6.99. The van der Waals surface area contributed by atoms with Crippen LogP contribution in [0, 0.1) is 0 Å². The highest BCUT2D eigenvalue weighted by atomic mass is 16.5. The number of carbonyl (C=O) groups is 2. The van der Waals surface area contributed by atoms with Crippen molar-refractivity contribution in [3.8, 4) is 39.5 Å². The van der Waals surface area contributed by atoms with Crippen LogP contribution in [0.25, 0.3) is 22.3 Å². The van der Waals surface area contributed by atoms with Crippen molar-refractivity contribution in [2.45, 2.75) is 19.8 Å². The number of aromatic hydroxyl groups is 2. The molecule has 0 aliphatic rings. The van der Waals surface area contributed by atoms with Crippen molar-refractivity contribution in [2.75, 3.05) is 11.4 Å². The molecule has 0 spiro atoms. The van der Waals surface area contributed by atoms with Gasteiger partial charge in [0.25, 0.3) is 5.91 Å². The van der Waals surface area contributed by atoms with Gasteiger partial charge in [-0.15, -0.1) is 0 Å². The van der Waals surface area contributed by atoms with E-state index >= 15 is 0 Å². The molecular weight excluding hydrogens is 526 g/mol. The predicted octanol–water partition coefficient (Wildman–Crippen LogP) is 8.10. The molecule has 0 saturated heterocycles. The van der Waals surface area contributed by atoms with Crippen molar-refractivity contribution in [3.63, 3.8) is 0 Å². The zero-order chi connectivity index (χ0) is 29.5. The highest BCUT2D eigenvalue weighted by Gasteiger charge is 2.18. The summed E-state index contributed by atoms with van der Waals surface area (Å²) in [5, 5.41) is 19.0. The van der Waals surface area contributed by atoms with Gasteiger partial charge in [0.2, 0.25) is 0 Å². The van der Waals surface area contributed by atoms with E-state index in [9.17, 15) is 19.8 Å². The number of rotatable bonds is 9. The Hall–Kier alpha value is -5.36. The Morgan fingerprint density at radius 3 is 1.48 bits per heavy atom. The molecule has 5 aromatic carbocycles. The number of nitrogens with zero attached hydrogens (tertiary/aromatic N) is 1. The van der Waals surface area contributed by atoms with Crippen LogP contribution in [0.15, 0.2) is 121 Å². The lowest BCUT2D eigenvalue weighted by Crippen LogP contribution is -2.31. The van der Waals surface area contributed by atoms with Crippen molar-refractivity contribution >= 4 is 17.6 Å². The summed E-state index contributed by atoms with van der Waals surface area (Å²) >= 11 is 0. The Labute approximate surface area is 245 Å². The third-order valence-corrected chi connectivity index (χ3v) is 6.99. The molecule has 0 aliphatic heterocycles. The standard InChI is InChI=1S/C36H31NO5/c1-2-3-24-37(35(40)29-8-4-25(5-9-29)27-12-18-32(38)19-13-27)31-16-22-34(23-17-31)42-36(41)30-10-6-26(7-11-30)28-14-20-33(39)21-15-28/h4-23,38-39H,2-3,24H2,1H3. The van der Waals surface area contributed by atoms with E-state index < -0.39 is 5.97 Å². The van der Waals surface area contributed by atoms with Gasteiger partial charge in [0.05, 0.1) is 5.56 Å². The van der Waals surface area contributed by atoms with E-state index in [0.717, 1.165) is 35.1 Å². The first-order valence-corrected chi connectivity index (χ1v) is 13.8. The lowest BCUT2D eigenvalue weighted by molar-refractivity contribution is 0.0734. The second kappa shape index (κ2) is 12.9. The van der Waals surface area contributed by atoms with Crippen molar-refractivity contribution in [2.24, 2.45) is 0 Å². The average Bonchev–Trinajstić information content (AvgIpc) is 3.03. The quantitative estimate of drug-likeness (QED) is 0.141. The maximum absolute atomic E-state index is 13.5. The van der Waals surface area contributed by atoms with Gasteiger partial charge in [-0.2, -0.15) is 0 Å². The molecular formula is C36H31NO5. The van der Waals surface area contributed by atoms with Gasteiger partial charge in [-0.1, -0.05) is 61.9 Å². The molecule has 210 valence electrons. The van der Waals surface area contributed by atoms with Crippen molar-refractivity contribution < 1.29 is 24.5 Å². The molecule has 6 heteroatoms. The minimum absolute atomic E-state index is 0.112. The minimum atomic E-state index is -0.479. The topological polar surface area (TPSA) is 87.1 Å². The molecule has 0 unspecified atom stereocenters. The van der Waals surface area contributed by atoms with Crippen LogP contribution < -0.4 is 9.64 Å². The number of phenolic OH excluding ortho intramolecular Hbond substituents is 2. The van der Waals surface area contributed by atoms with Crippen molar-refractivity contribution in [3.05, 3.63) is 132 Å². The van der Waals surface area contributed by atoms with Crippen molar-refractivity contribution in [1.82, 2.24) is 0 Å². The van der Waals surface area contributed by atoms with Crippen LogP contribution in [0.2, 0.25) is 0 Å². The second-order valence-electron chi connectivity index (χ2n) is 9.94. The second-order valence-corrected chi connectivity index (χ2v) is 9.94. The van der Waals surface area contributed by atoms with Gasteiger partial charge in [-0.25, -0.2) is 4.79 Å². The summed E-state index contributed by atoms with van der Waals surface area (Å²) in [6.07, 6.45) is 1.78. The van der Waals surface area contributed by atoms with E-state index in [0.29, 0.717) is 29.1 Å². The molecule has 0 atom stereocenters. The van der Waals surface area contributed by atoms with Gasteiger partial charge < -0.3 is 19.8 Å². The largest absolute Gasteiger partial charge is 0.508 e. The number of ether oxygens (including phenoxy) is 1. The predicted molar refractivity (Wildman–Crippen MR) is 165 cm³/mol. The molecule has 0 saturated carbocycles. The zero-order valence-corrected chi connectivity index (χ0v) is 23.2. The summed E-state index contributed by atoms with van der Waals surface area (Å²) in [4.78, 5) is 28.1. The number of benzene rings is 5. The molecule has 0 radical (unpaired) electrons. The fraction of sp³-hybridized carbons (Fsp3) is 0.111. The van der Waals surface area contributed by atoms with Crippen LogP contribution >= 0.6 is 0 Å². The van der Waals surface area contributed by atoms with E-state index in [1.54, 1.807) is 65.6 Å². The fourth-order valence-electron chi connectivity index (χ4n) is 4.59. The summed E-state index contributed by atoms with van der Waals surface area (Å²) in [5.74, 6) is 0.196. The molecule has 1 amide bonds. The maximum Gasteiger partial charge on any atom is 0.343 e.